The molecule has 0 saturated carbocycles. The molecule has 1 N–H and O–H groups in total. The van der Waals surface area contributed by atoms with Crippen LogP contribution in [0.1, 0.15) is 18.4 Å². The van der Waals surface area contributed by atoms with E-state index in [1.165, 1.54) is 38.0 Å². The predicted octanol–water partition coefficient (Wildman–Crippen LogP) is 2.06. The zero-order chi connectivity index (χ0) is 13.6. The number of hydrogen-bond donors (Lipinski definition) is 1. The summed E-state index contributed by atoms with van der Waals surface area (Å²) < 4.78 is 2.02. The van der Waals surface area contributed by atoms with Gasteiger partial charge in [-0.15, -0.1) is 0 Å². The minimum absolute atomic E-state index is 0.943. The highest BCUT2D eigenvalue weighted by molar-refractivity contribution is 5.34. The Hall–Kier alpha value is -1.65. The number of rotatable bonds is 6. The van der Waals surface area contributed by atoms with Crippen LogP contribution < -0.4 is 5.32 Å². The highest BCUT2D eigenvalue weighted by Crippen LogP contribution is 2.09. The zero-order valence-electron chi connectivity index (χ0n) is 11.8. The van der Waals surface area contributed by atoms with Crippen molar-refractivity contribution in [3.05, 3.63) is 48.5 Å². The summed E-state index contributed by atoms with van der Waals surface area (Å²) in [5.74, 6) is 0. The summed E-state index contributed by atoms with van der Waals surface area (Å²) in [5, 5.41) is 3.52. The second-order valence-corrected chi connectivity index (χ2v) is 5.36. The third-order valence-electron chi connectivity index (χ3n) is 3.87. The van der Waals surface area contributed by atoms with Crippen LogP contribution in [0.15, 0.2) is 43.0 Å². The molecule has 0 radical (unpaired) electrons. The number of nitrogens with one attached hydrogen (secondary N) is 1. The van der Waals surface area contributed by atoms with E-state index in [9.17, 15) is 0 Å². The van der Waals surface area contributed by atoms with E-state index in [-0.39, 0.29) is 0 Å². The highest BCUT2D eigenvalue weighted by Gasteiger charge is 2.09. The van der Waals surface area contributed by atoms with Crippen molar-refractivity contribution in [3.8, 4) is 5.69 Å². The Bertz CT molecular complexity index is 498. The van der Waals surface area contributed by atoms with Crippen molar-refractivity contribution in [3.63, 3.8) is 0 Å². The van der Waals surface area contributed by atoms with Crippen molar-refractivity contribution in [2.45, 2.75) is 19.4 Å². The van der Waals surface area contributed by atoms with E-state index in [4.69, 9.17) is 0 Å². The van der Waals surface area contributed by atoms with Gasteiger partial charge in [-0.2, -0.15) is 0 Å². The Kier molecular flexibility index (Phi) is 4.46. The fraction of sp³-hybridized carbons (Fsp3) is 0.438. The largest absolute Gasteiger partial charge is 0.311 e. The van der Waals surface area contributed by atoms with Gasteiger partial charge in [0.05, 0.1) is 6.33 Å². The van der Waals surface area contributed by atoms with Crippen LogP contribution in [0.5, 0.6) is 0 Å². The van der Waals surface area contributed by atoms with Crippen LogP contribution in [0.4, 0.5) is 0 Å². The molecule has 0 atom stereocenters. The van der Waals surface area contributed by atoms with E-state index in [1.807, 2.05) is 17.1 Å². The third-order valence-corrected chi connectivity index (χ3v) is 3.87. The van der Waals surface area contributed by atoms with Gasteiger partial charge in [-0.1, -0.05) is 12.1 Å². The van der Waals surface area contributed by atoms with Gasteiger partial charge in [-0.3, -0.25) is 0 Å². The van der Waals surface area contributed by atoms with E-state index in [0.29, 0.717) is 0 Å². The smallest absolute Gasteiger partial charge is 0.0991 e. The summed E-state index contributed by atoms with van der Waals surface area (Å²) >= 11 is 0. The van der Waals surface area contributed by atoms with Crippen molar-refractivity contribution in [2.24, 2.45) is 0 Å². The molecule has 1 aliphatic heterocycles. The molecule has 0 aliphatic carbocycles. The fourth-order valence-corrected chi connectivity index (χ4v) is 2.67. The number of aromatic nitrogens is 2. The predicted molar refractivity (Wildman–Crippen MR) is 80.9 cm³/mol. The van der Waals surface area contributed by atoms with Gasteiger partial charge in [0.15, 0.2) is 0 Å². The van der Waals surface area contributed by atoms with Crippen molar-refractivity contribution >= 4 is 0 Å². The molecule has 2 heterocycles. The zero-order valence-corrected chi connectivity index (χ0v) is 11.8. The molecule has 1 saturated heterocycles. The fourth-order valence-electron chi connectivity index (χ4n) is 2.67. The van der Waals surface area contributed by atoms with Gasteiger partial charge >= 0.3 is 0 Å². The average Bonchev–Trinajstić information content (AvgIpc) is 3.17. The van der Waals surface area contributed by atoms with E-state index in [2.05, 4.69) is 39.5 Å². The Morgan fingerprint density at radius 3 is 2.60 bits per heavy atom. The van der Waals surface area contributed by atoms with Crippen molar-refractivity contribution in [1.29, 1.82) is 0 Å². The summed E-state index contributed by atoms with van der Waals surface area (Å²) in [6.07, 6.45) is 8.33. The van der Waals surface area contributed by atoms with Gasteiger partial charge in [-0.25, -0.2) is 4.98 Å². The second-order valence-electron chi connectivity index (χ2n) is 5.36. The van der Waals surface area contributed by atoms with Crippen LogP contribution in [0.2, 0.25) is 0 Å². The molecule has 20 heavy (non-hydrogen) atoms. The molecule has 0 spiro atoms. The minimum Gasteiger partial charge on any atom is -0.311 e. The van der Waals surface area contributed by atoms with Crippen molar-refractivity contribution < 1.29 is 0 Å². The van der Waals surface area contributed by atoms with Gasteiger partial charge in [0.2, 0.25) is 0 Å². The molecule has 0 amide bonds. The first kappa shape index (κ1) is 13.3. The Morgan fingerprint density at radius 1 is 1.10 bits per heavy atom. The Balaban J connectivity index is 1.43. The first-order valence-electron chi connectivity index (χ1n) is 7.42. The molecule has 0 unspecified atom stereocenters. The number of benzene rings is 1. The molecule has 4 heteroatoms. The molecule has 1 aromatic heterocycles. The number of nitrogens with zero attached hydrogens (tertiary/aromatic N) is 3. The molecule has 1 aliphatic rings. The molecule has 2 aromatic rings. The van der Waals surface area contributed by atoms with Crippen LogP contribution in [0.25, 0.3) is 5.69 Å². The van der Waals surface area contributed by atoms with Crippen LogP contribution in [-0.4, -0.2) is 40.6 Å². The Morgan fingerprint density at radius 2 is 1.90 bits per heavy atom. The molecule has 0 bridgehead atoms. The third kappa shape index (κ3) is 3.46. The summed E-state index contributed by atoms with van der Waals surface area (Å²) in [4.78, 5) is 6.60. The topological polar surface area (TPSA) is 33.1 Å². The van der Waals surface area contributed by atoms with Crippen LogP contribution in [-0.2, 0) is 6.54 Å². The van der Waals surface area contributed by atoms with Gasteiger partial charge in [0.25, 0.3) is 0 Å². The van der Waals surface area contributed by atoms with Gasteiger partial charge in [-0.05, 0) is 43.6 Å². The van der Waals surface area contributed by atoms with Crippen molar-refractivity contribution in [1.82, 2.24) is 19.8 Å². The first-order chi connectivity index (χ1) is 9.92. The summed E-state index contributed by atoms with van der Waals surface area (Å²) in [5.41, 5.74) is 2.48. The van der Waals surface area contributed by atoms with E-state index in [1.54, 1.807) is 6.20 Å². The number of likely N-dealkylation sites (tertiary alicyclic amines) is 1. The lowest BCUT2D eigenvalue weighted by Crippen LogP contribution is -2.29. The summed E-state index contributed by atoms with van der Waals surface area (Å²) in [6, 6.07) is 8.63. The molecule has 1 aromatic carbocycles. The van der Waals surface area contributed by atoms with Crippen LogP contribution >= 0.6 is 0 Å². The standard InChI is InChI=1S/C16H22N4/c1-2-10-19(9-1)11-7-17-13-15-3-5-16(6-4-15)20-12-8-18-14-20/h3-6,8,12,14,17H,1-2,7,9-11,13H2. The molecule has 3 rings (SSSR count). The maximum absolute atomic E-state index is 4.07. The molecular weight excluding hydrogens is 248 g/mol. The Labute approximate surface area is 120 Å². The summed E-state index contributed by atoms with van der Waals surface area (Å²) in [6.45, 7) is 5.75. The monoisotopic (exact) mass is 270 g/mol. The molecule has 106 valence electrons. The second kappa shape index (κ2) is 6.68. The highest BCUT2D eigenvalue weighted by atomic mass is 15.1. The minimum atomic E-state index is 0.943. The summed E-state index contributed by atoms with van der Waals surface area (Å²) in [7, 11) is 0. The maximum atomic E-state index is 4.07. The van der Waals surface area contributed by atoms with E-state index in [0.717, 1.165) is 18.8 Å². The SMILES string of the molecule is c1cn(-c2ccc(CNCCN3CCCC3)cc2)cn1. The molecule has 1 fully saturated rings. The lowest BCUT2D eigenvalue weighted by atomic mass is 10.2. The average molecular weight is 270 g/mol. The number of hydrogen-bond acceptors (Lipinski definition) is 3. The number of imidazole rings is 1. The molecular formula is C16H22N4. The maximum Gasteiger partial charge on any atom is 0.0991 e. The van der Waals surface area contributed by atoms with E-state index >= 15 is 0 Å². The first-order valence-corrected chi connectivity index (χ1v) is 7.42. The van der Waals surface area contributed by atoms with Gasteiger partial charge in [0, 0.05) is 37.7 Å². The van der Waals surface area contributed by atoms with Gasteiger partial charge in [0.1, 0.15) is 0 Å². The normalized spacial score (nSPS) is 15.8. The molecule has 4 nitrogen and oxygen atoms in total. The lowest BCUT2D eigenvalue weighted by molar-refractivity contribution is 0.335. The van der Waals surface area contributed by atoms with E-state index < -0.39 is 0 Å². The quantitative estimate of drug-likeness (QED) is 0.816. The van der Waals surface area contributed by atoms with Crippen LogP contribution in [0, 0.1) is 0 Å². The van der Waals surface area contributed by atoms with Crippen molar-refractivity contribution in [2.75, 3.05) is 26.2 Å². The van der Waals surface area contributed by atoms with Gasteiger partial charge < -0.3 is 14.8 Å². The lowest BCUT2D eigenvalue weighted by Gasteiger charge is -2.14. The van der Waals surface area contributed by atoms with Crippen LogP contribution in [0.3, 0.4) is 0 Å².